The number of nitrogens with two attached hydrogens (primary N) is 1. The Morgan fingerprint density at radius 1 is 1.33 bits per heavy atom. The van der Waals surface area contributed by atoms with E-state index in [0.29, 0.717) is 17.6 Å². The van der Waals surface area contributed by atoms with Crippen LogP contribution in [0.25, 0.3) is 11.2 Å². The number of nitrogens with zero attached hydrogens (tertiary/aromatic N) is 4. The number of nitrogen functional groups attached to an aromatic ring is 1. The second-order valence-corrected chi connectivity index (χ2v) is 4.08. The van der Waals surface area contributed by atoms with E-state index < -0.39 is 12.6 Å². The summed E-state index contributed by atoms with van der Waals surface area (Å²) in [5.41, 5.74) is 7.52. The number of fused-ring (bicyclic) bond motifs is 1. The zero-order valence-corrected chi connectivity index (χ0v) is 10.1. The van der Waals surface area contributed by atoms with Crippen molar-refractivity contribution in [1.82, 2.24) is 19.3 Å². The molecule has 2 N–H and O–H groups in total. The number of alkyl halides is 3. The van der Waals surface area contributed by atoms with Crippen molar-refractivity contribution in [2.45, 2.75) is 32.5 Å². The van der Waals surface area contributed by atoms with Crippen LogP contribution in [0.3, 0.4) is 0 Å². The molecule has 100 valence electrons. The van der Waals surface area contributed by atoms with Crippen molar-refractivity contribution in [3.05, 3.63) is 5.69 Å². The van der Waals surface area contributed by atoms with Gasteiger partial charge >= 0.3 is 6.18 Å². The monoisotopic (exact) mass is 261 g/mol. The molecule has 0 fully saturated rings. The van der Waals surface area contributed by atoms with Gasteiger partial charge in [0.15, 0.2) is 5.65 Å². The SMILES string of the molecule is CCc1nn(C)c2c1nc(N)n2CCC(F)(F)F. The molecule has 0 radical (unpaired) electrons. The first-order valence-electron chi connectivity index (χ1n) is 5.57. The summed E-state index contributed by atoms with van der Waals surface area (Å²) in [5, 5.41) is 4.21. The highest BCUT2D eigenvalue weighted by Gasteiger charge is 2.28. The molecule has 0 aromatic carbocycles. The fourth-order valence-corrected chi connectivity index (χ4v) is 1.96. The Morgan fingerprint density at radius 3 is 2.56 bits per heavy atom. The van der Waals surface area contributed by atoms with E-state index in [1.165, 1.54) is 9.25 Å². The molecule has 8 heteroatoms. The molecule has 0 spiro atoms. The molecule has 0 atom stereocenters. The van der Waals surface area contributed by atoms with Crippen molar-refractivity contribution in [2.24, 2.45) is 7.05 Å². The minimum atomic E-state index is -4.21. The van der Waals surface area contributed by atoms with Crippen LogP contribution >= 0.6 is 0 Å². The van der Waals surface area contributed by atoms with Crippen LogP contribution in [0, 0.1) is 0 Å². The average Bonchev–Trinajstić information content (AvgIpc) is 2.72. The van der Waals surface area contributed by atoms with Crippen LogP contribution in [0.15, 0.2) is 0 Å². The number of aromatic nitrogens is 4. The van der Waals surface area contributed by atoms with Crippen LogP contribution in [0.2, 0.25) is 0 Å². The normalized spacial score (nSPS) is 12.5. The van der Waals surface area contributed by atoms with Gasteiger partial charge in [0.1, 0.15) is 5.52 Å². The predicted molar refractivity (Wildman–Crippen MR) is 61.0 cm³/mol. The van der Waals surface area contributed by atoms with Gasteiger partial charge < -0.3 is 5.73 Å². The summed E-state index contributed by atoms with van der Waals surface area (Å²) in [7, 11) is 1.67. The third kappa shape index (κ3) is 2.14. The lowest BCUT2D eigenvalue weighted by atomic mass is 10.3. The highest BCUT2D eigenvalue weighted by Crippen LogP contribution is 2.25. The Kier molecular flexibility index (Phi) is 2.95. The summed E-state index contributed by atoms with van der Waals surface area (Å²) in [6, 6.07) is 0. The van der Waals surface area contributed by atoms with E-state index in [9.17, 15) is 13.2 Å². The summed E-state index contributed by atoms with van der Waals surface area (Å²) in [4.78, 5) is 4.10. The Bertz CT molecular complexity index is 566. The van der Waals surface area contributed by atoms with Crippen molar-refractivity contribution in [2.75, 3.05) is 5.73 Å². The van der Waals surface area contributed by atoms with Gasteiger partial charge in [-0.15, -0.1) is 0 Å². The van der Waals surface area contributed by atoms with E-state index in [0.717, 1.165) is 5.69 Å². The molecule has 18 heavy (non-hydrogen) atoms. The third-order valence-electron chi connectivity index (χ3n) is 2.77. The van der Waals surface area contributed by atoms with Crippen molar-refractivity contribution >= 4 is 17.1 Å². The second-order valence-electron chi connectivity index (χ2n) is 4.08. The number of halogens is 3. The molecule has 0 aliphatic rings. The summed E-state index contributed by atoms with van der Waals surface area (Å²) in [5.74, 6) is 0.0944. The van der Waals surface area contributed by atoms with E-state index in [1.807, 2.05) is 6.92 Å². The van der Waals surface area contributed by atoms with Crippen molar-refractivity contribution < 1.29 is 13.2 Å². The highest BCUT2D eigenvalue weighted by molar-refractivity contribution is 5.77. The Morgan fingerprint density at radius 2 is 2.00 bits per heavy atom. The maximum Gasteiger partial charge on any atom is 0.390 e. The summed E-state index contributed by atoms with van der Waals surface area (Å²) in [6.07, 6.45) is -4.49. The first kappa shape index (κ1) is 12.7. The number of anilines is 1. The fourth-order valence-electron chi connectivity index (χ4n) is 1.96. The number of aryl methyl sites for hydroxylation is 3. The lowest BCUT2D eigenvalue weighted by molar-refractivity contribution is -0.136. The van der Waals surface area contributed by atoms with Gasteiger partial charge in [0.05, 0.1) is 12.1 Å². The predicted octanol–water partition coefficient (Wildman–Crippen LogP) is 1.87. The van der Waals surface area contributed by atoms with Gasteiger partial charge in [-0.3, -0.25) is 9.25 Å². The van der Waals surface area contributed by atoms with Crippen LogP contribution in [0.5, 0.6) is 0 Å². The topological polar surface area (TPSA) is 61.7 Å². The molecule has 0 aliphatic heterocycles. The molecule has 2 aromatic heterocycles. The number of hydrogen-bond donors (Lipinski definition) is 1. The first-order chi connectivity index (χ1) is 8.33. The molecule has 2 heterocycles. The zero-order chi connectivity index (χ0) is 13.5. The molecule has 0 bridgehead atoms. The number of rotatable bonds is 3. The summed E-state index contributed by atoms with van der Waals surface area (Å²) < 4.78 is 39.6. The van der Waals surface area contributed by atoms with E-state index in [-0.39, 0.29) is 12.5 Å². The van der Waals surface area contributed by atoms with Gasteiger partial charge in [0.25, 0.3) is 0 Å². The van der Waals surface area contributed by atoms with E-state index in [1.54, 1.807) is 7.05 Å². The largest absolute Gasteiger partial charge is 0.390 e. The quantitative estimate of drug-likeness (QED) is 0.917. The van der Waals surface area contributed by atoms with Crippen LogP contribution in [-0.2, 0) is 20.0 Å². The molecule has 0 unspecified atom stereocenters. The minimum Gasteiger partial charge on any atom is -0.369 e. The average molecular weight is 261 g/mol. The first-order valence-corrected chi connectivity index (χ1v) is 5.57. The number of hydrogen-bond acceptors (Lipinski definition) is 3. The molecule has 5 nitrogen and oxygen atoms in total. The fraction of sp³-hybridized carbons (Fsp3) is 0.600. The molecular formula is C10H14F3N5. The molecule has 0 aliphatic carbocycles. The Labute approximate surface area is 101 Å². The maximum absolute atomic E-state index is 12.3. The van der Waals surface area contributed by atoms with Gasteiger partial charge in [-0.05, 0) is 6.42 Å². The Balaban J connectivity index is 2.44. The standard InChI is InChI=1S/C10H14F3N5/c1-3-6-7-8(17(2)16-6)18(9(14)15-7)5-4-10(11,12)13/h3-5H2,1-2H3,(H2,14,15). The highest BCUT2D eigenvalue weighted by atomic mass is 19.4. The molecule has 2 rings (SSSR count). The minimum absolute atomic E-state index is 0.0944. The Hall–Kier alpha value is -1.73. The van der Waals surface area contributed by atoms with Gasteiger partial charge in [0, 0.05) is 13.6 Å². The molecule has 0 amide bonds. The molecule has 0 saturated heterocycles. The van der Waals surface area contributed by atoms with Crippen molar-refractivity contribution in [3.8, 4) is 0 Å². The molecule has 2 aromatic rings. The van der Waals surface area contributed by atoms with Gasteiger partial charge in [-0.2, -0.15) is 18.3 Å². The van der Waals surface area contributed by atoms with E-state index in [4.69, 9.17) is 5.73 Å². The van der Waals surface area contributed by atoms with Gasteiger partial charge in [-0.1, -0.05) is 6.92 Å². The van der Waals surface area contributed by atoms with E-state index in [2.05, 4.69) is 10.1 Å². The smallest absolute Gasteiger partial charge is 0.369 e. The van der Waals surface area contributed by atoms with Crippen LogP contribution in [-0.4, -0.2) is 25.5 Å². The van der Waals surface area contributed by atoms with Crippen LogP contribution in [0.4, 0.5) is 19.1 Å². The lowest BCUT2D eigenvalue weighted by Crippen LogP contribution is -2.14. The van der Waals surface area contributed by atoms with E-state index >= 15 is 0 Å². The zero-order valence-electron chi connectivity index (χ0n) is 10.1. The molecule has 0 saturated carbocycles. The lowest BCUT2D eigenvalue weighted by Gasteiger charge is -2.09. The number of imidazole rings is 1. The second kappa shape index (κ2) is 4.18. The maximum atomic E-state index is 12.3. The van der Waals surface area contributed by atoms with Gasteiger partial charge in [0.2, 0.25) is 5.95 Å². The summed E-state index contributed by atoms with van der Waals surface area (Å²) >= 11 is 0. The van der Waals surface area contributed by atoms with Crippen molar-refractivity contribution in [3.63, 3.8) is 0 Å². The van der Waals surface area contributed by atoms with Crippen LogP contribution in [0.1, 0.15) is 19.0 Å². The van der Waals surface area contributed by atoms with Gasteiger partial charge in [-0.25, -0.2) is 4.98 Å². The molecular weight excluding hydrogens is 247 g/mol. The third-order valence-corrected chi connectivity index (χ3v) is 2.77. The van der Waals surface area contributed by atoms with Crippen molar-refractivity contribution in [1.29, 1.82) is 0 Å². The van der Waals surface area contributed by atoms with Crippen LogP contribution < -0.4 is 5.73 Å². The summed E-state index contributed by atoms with van der Waals surface area (Å²) in [6.45, 7) is 1.67.